The van der Waals surface area contributed by atoms with E-state index in [4.69, 9.17) is 0 Å². The highest BCUT2D eigenvalue weighted by atomic mass is 79.9. The van der Waals surface area contributed by atoms with Crippen molar-refractivity contribution in [2.75, 3.05) is 0 Å². The molecule has 0 radical (unpaired) electrons. The van der Waals surface area contributed by atoms with Gasteiger partial charge in [-0.2, -0.15) is 0 Å². The zero-order chi connectivity index (χ0) is 9.47. The van der Waals surface area contributed by atoms with Gasteiger partial charge in [-0.25, -0.2) is 4.98 Å². The molecule has 0 spiro atoms. The third-order valence-electron chi connectivity index (χ3n) is 2.52. The summed E-state index contributed by atoms with van der Waals surface area (Å²) in [7, 11) is 0. The van der Waals surface area contributed by atoms with Crippen molar-refractivity contribution in [2.24, 2.45) is 5.41 Å². The molecular weight excluding hydrogens is 250 g/mol. The molecule has 2 nitrogen and oxygen atoms in total. The molecule has 0 aliphatic heterocycles. The van der Waals surface area contributed by atoms with Crippen LogP contribution >= 0.6 is 27.3 Å². The lowest BCUT2D eigenvalue weighted by Gasteiger charge is -2.13. The van der Waals surface area contributed by atoms with Crippen LogP contribution in [-0.4, -0.2) is 11.3 Å². The Morgan fingerprint density at radius 3 is 2.92 bits per heavy atom. The van der Waals surface area contributed by atoms with Crippen LogP contribution in [-0.2, 0) is 0 Å². The van der Waals surface area contributed by atoms with Crippen LogP contribution in [0, 0.1) is 5.41 Å². The Labute approximate surface area is 89.5 Å². The first-order chi connectivity index (χ1) is 6.15. The number of hydrogen-bond acceptors (Lipinski definition) is 3. The fourth-order valence-corrected chi connectivity index (χ4v) is 2.97. The monoisotopic (exact) mass is 259 g/mol. The summed E-state index contributed by atoms with van der Waals surface area (Å²) in [6.07, 6.45) is 5.00. The third kappa shape index (κ3) is 1.70. The lowest BCUT2D eigenvalue weighted by atomic mass is 10.1. The van der Waals surface area contributed by atoms with E-state index in [1.165, 1.54) is 24.2 Å². The third-order valence-corrected chi connectivity index (χ3v) is 5.35. The van der Waals surface area contributed by atoms with E-state index in [0.29, 0.717) is 15.1 Å². The van der Waals surface area contributed by atoms with Gasteiger partial charge in [0.05, 0.1) is 9.70 Å². The van der Waals surface area contributed by atoms with E-state index < -0.39 is 0 Å². The van der Waals surface area contributed by atoms with E-state index in [2.05, 4.69) is 27.8 Å². The van der Waals surface area contributed by atoms with Crippen LogP contribution in [0.1, 0.15) is 39.3 Å². The summed E-state index contributed by atoms with van der Waals surface area (Å²) in [4.78, 5) is 15.7. The molecule has 1 unspecified atom stereocenters. The van der Waals surface area contributed by atoms with E-state index in [9.17, 15) is 4.79 Å². The number of aldehydes is 1. The average molecular weight is 260 g/mol. The summed E-state index contributed by atoms with van der Waals surface area (Å²) in [6.45, 7) is 2.24. The summed E-state index contributed by atoms with van der Waals surface area (Å²) in [5.41, 5.74) is 0.373. The highest BCUT2D eigenvalue weighted by Crippen LogP contribution is 2.58. The van der Waals surface area contributed by atoms with Crippen LogP contribution < -0.4 is 0 Å². The maximum Gasteiger partial charge on any atom is 0.161 e. The van der Waals surface area contributed by atoms with Gasteiger partial charge < -0.3 is 0 Å². The minimum atomic E-state index is 0.318. The largest absolute Gasteiger partial charge is 0.297 e. The average Bonchev–Trinajstić information content (AvgIpc) is 2.71. The smallest absolute Gasteiger partial charge is 0.161 e. The van der Waals surface area contributed by atoms with E-state index in [0.717, 1.165) is 11.3 Å². The van der Waals surface area contributed by atoms with Gasteiger partial charge in [0.15, 0.2) is 6.29 Å². The second-order valence-corrected chi connectivity index (χ2v) is 5.74. The Balaban J connectivity index is 2.20. The Bertz CT molecular complexity index is 332. The van der Waals surface area contributed by atoms with Crippen LogP contribution in [0.2, 0.25) is 0 Å². The first-order valence-electron chi connectivity index (χ1n) is 4.21. The van der Waals surface area contributed by atoms with E-state index in [1.807, 2.05) is 0 Å². The van der Waals surface area contributed by atoms with Gasteiger partial charge in [0, 0.05) is 6.20 Å². The lowest BCUT2D eigenvalue weighted by molar-refractivity contribution is 0.112. The molecule has 4 heteroatoms. The molecule has 2 rings (SSSR count). The van der Waals surface area contributed by atoms with Crippen molar-refractivity contribution in [3.8, 4) is 0 Å². The Kier molecular flexibility index (Phi) is 2.28. The summed E-state index contributed by atoms with van der Waals surface area (Å²) in [5, 5.41) is 1.03. The second-order valence-electron chi connectivity index (χ2n) is 3.74. The standard InChI is InChI=1S/C9H10BrNOS/c1-9(2-3-9)7(10)8-11-4-6(5-12)13-8/h4-5,7H,2-3H2,1H3. The molecule has 0 bridgehead atoms. The lowest BCUT2D eigenvalue weighted by Crippen LogP contribution is -2.02. The molecular formula is C9H10BrNOS. The van der Waals surface area contributed by atoms with Crippen LogP contribution in [0.4, 0.5) is 0 Å². The van der Waals surface area contributed by atoms with E-state index >= 15 is 0 Å². The fourth-order valence-electron chi connectivity index (χ4n) is 1.22. The van der Waals surface area contributed by atoms with Gasteiger partial charge in [-0.1, -0.05) is 22.9 Å². The van der Waals surface area contributed by atoms with Crippen LogP contribution in [0.15, 0.2) is 6.20 Å². The molecule has 0 saturated heterocycles. The number of nitrogens with zero attached hydrogens (tertiary/aromatic N) is 1. The van der Waals surface area contributed by atoms with Gasteiger partial charge in [0.25, 0.3) is 0 Å². The Hall–Kier alpha value is -0.220. The van der Waals surface area contributed by atoms with Gasteiger partial charge in [-0.3, -0.25) is 4.79 Å². The number of halogens is 1. The number of hydrogen-bond donors (Lipinski definition) is 0. The Morgan fingerprint density at radius 2 is 2.46 bits per heavy atom. The molecule has 70 valence electrons. The number of carbonyl (C=O) groups excluding carboxylic acids is 1. The number of rotatable bonds is 3. The van der Waals surface area contributed by atoms with Crippen molar-refractivity contribution in [1.29, 1.82) is 0 Å². The van der Waals surface area contributed by atoms with Gasteiger partial charge in [0.2, 0.25) is 0 Å². The maximum absolute atomic E-state index is 10.5. The molecule has 0 amide bonds. The maximum atomic E-state index is 10.5. The highest BCUT2D eigenvalue weighted by molar-refractivity contribution is 9.09. The van der Waals surface area contributed by atoms with Crippen LogP contribution in [0.25, 0.3) is 0 Å². The van der Waals surface area contributed by atoms with Crippen molar-refractivity contribution in [1.82, 2.24) is 4.98 Å². The SMILES string of the molecule is CC1(C(Br)c2ncc(C=O)s2)CC1. The molecule has 1 aliphatic rings. The van der Waals surface area contributed by atoms with Crippen molar-refractivity contribution < 1.29 is 4.79 Å². The fraction of sp³-hybridized carbons (Fsp3) is 0.556. The van der Waals surface area contributed by atoms with Gasteiger partial charge >= 0.3 is 0 Å². The summed E-state index contributed by atoms with van der Waals surface area (Å²) < 4.78 is 0. The van der Waals surface area contributed by atoms with Crippen molar-refractivity contribution in [2.45, 2.75) is 24.6 Å². The molecule has 1 aromatic heterocycles. The molecule has 1 heterocycles. The predicted octanol–water partition coefficient (Wildman–Crippen LogP) is 3.19. The first kappa shape index (κ1) is 9.34. The zero-order valence-corrected chi connectivity index (χ0v) is 9.69. The van der Waals surface area contributed by atoms with Crippen LogP contribution in [0.5, 0.6) is 0 Å². The number of carbonyl (C=O) groups is 1. The summed E-state index contributed by atoms with van der Waals surface area (Å²) in [5.74, 6) is 0. The van der Waals surface area contributed by atoms with E-state index in [1.54, 1.807) is 6.20 Å². The van der Waals surface area contributed by atoms with Gasteiger partial charge in [-0.05, 0) is 18.3 Å². The minimum absolute atomic E-state index is 0.318. The van der Waals surface area contributed by atoms with Gasteiger partial charge in [-0.15, -0.1) is 11.3 Å². The molecule has 0 aromatic carbocycles. The van der Waals surface area contributed by atoms with Crippen molar-refractivity contribution in [3.63, 3.8) is 0 Å². The molecule has 1 aromatic rings. The quantitative estimate of drug-likeness (QED) is 0.617. The zero-order valence-electron chi connectivity index (χ0n) is 7.29. The Morgan fingerprint density at radius 1 is 1.77 bits per heavy atom. The molecule has 1 aliphatic carbocycles. The normalized spacial score (nSPS) is 21.1. The topological polar surface area (TPSA) is 30.0 Å². The van der Waals surface area contributed by atoms with Gasteiger partial charge in [0.1, 0.15) is 5.01 Å². The summed E-state index contributed by atoms with van der Waals surface area (Å²) >= 11 is 5.13. The predicted molar refractivity (Wildman–Crippen MR) is 56.5 cm³/mol. The minimum Gasteiger partial charge on any atom is -0.297 e. The number of alkyl halides is 1. The first-order valence-corrected chi connectivity index (χ1v) is 5.94. The molecule has 1 fully saturated rings. The second kappa shape index (κ2) is 3.17. The summed E-state index contributed by atoms with van der Waals surface area (Å²) in [6, 6.07) is 0. The van der Waals surface area contributed by atoms with Crippen molar-refractivity contribution in [3.05, 3.63) is 16.1 Å². The number of aromatic nitrogens is 1. The molecule has 13 heavy (non-hydrogen) atoms. The molecule has 1 saturated carbocycles. The number of thiazole rings is 1. The highest BCUT2D eigenvalue weighted by Gasteiger charge is 2.45. The van der Waals surface area contributed by atoms with E-state index in [-0.39, 0.29) is 0 Å². The van der Waals surface area contributed by atoms with Crippen molar-refractivity contribution >= 4 is 33.6 Å². The molecule has 1 atom stereocenters. The van der Waals surface area contributed by atoms with Crippen LogP contribution in [0.3, 0.4) is 0 Å². The molecule has 0 N–H and O–H groups in total.